The third-order valence-electron chi connectivity index (χ3n) is 2.90. The van der Waals surface area contributed by atoms with Crippen molar-refractivity contribution in [2.24, 2.45) is 0 Å². The van der Waals surface area contributed by atoms with Crippen molar-refractivity contribution in [3.63, 3.8) is 0 Å². The van der Waals surface area contributed by atoms with E-state index < -0.39 is 0 Å². The molecule has 0 unspecified atom stereocenters. The van der Waals surface area contributed by atoms with E-state index in [-0.39, 0.29) is 5.91 Å². The van der Waals surface area contributed by atoms with Crippen LogP contribution in [0.2, 0.25) is 0 Å². The lowest BCUT2D eigenvalue weighted by Crippen LogP contribution is -2.13. The molecule has 1 amide bonds. The first kappa shape index (κ1) is 14.5. The lowest BCUT2D eigenvalue weighted by molar-refractivity contribution is -0.113. The van der Waals surface area contributed by atoms with Crippen LogP contribution in [-0.4, -0.2) is 11.7 Å². The van der Waals surface area contributed by atoms with Crippen LogP contribution in [0.3, 0.4) is 0 Å². The predicted octanol–water partition coefficient (Wildman–Crippen LogP) is 3.56. The summed E-state index contributed by atoms with van der Waals surface area (Å²) in [5, 5.41) is 2.89. The van der Waals surface area contributed by atoms with E-state index in [4.69, 9.17) is 5.73 Å². The number of anilines is 2. The van der Waals surface area contributed by atoms with Crippen molar-refractivity contribution in [2.45, 2.75) is 18.2 Å². The summed E-state index contributed by atoms with van der Waals surface area (Å²) >= 11 is 1.50. The number of benzene rings is 2. The minimum absolute atomic E-state index is 0.00364. The molecule has 0 fully saturated rings. The van der Waals surface area contributed by atoms with Crippen LogP contribution in [0.1, 0.15) is 12.5 Å². The van der Waals surface area contributed by atoms with Gasteiger partial charge in [0.2, 0.25) is 5.91 Å². The molecule has 4 heteroatoms. The Morgan fingerprint density at radius 1 is 1.10 bits per heavy atom. The van der Waals surface area contributed by atoms with Gasteiger partial charge in [-0.3, -0.25) is 4.79 Å². The summed E-state index contributed by atoms with van der Waals surface area (Å²) in [6, 6.07) is 15.4. The van der Waals surface area contributed by atoms with Gasteiger partial charge >= 0.3 is 0 Å². The maximum absolute atomic E-state index is 11.9. The van der Waals surface area contributed by atoms with Gasteiger partial charge in [-0.05, 0) is 48.4 Å². The molecule has 0 saturated carbocycles. The Labute approximate surface area is 123 Å². The van der Waals surface area contributed by atoms with Crippen LogP contribution in [0.25, 0.3) is 0 Å². The summed E-state index contributed by atoms with van der Waals surface area (Å²) in [6.07, 6.45) is 1.00. The zero-order valence-corrected chi connectivity index (χ0v) is 12.2. The van der Waals surface area contributed by atoms with Crippen molar-refractivity contribution >= 4 is 29.0 Å². The number of thioether (sulfide) groups is 1. The molecule has 0 aliphatic carbocycles. The number of aryl methyl sites for hydroxylation is 1. The molecular formula is C16H18N2OS. The van der Waals surface area contributed by atoms with Crippen LogP contribution >= 0.6 is 11.8 Å². The monoisotopic (exact) mass is 286 g/mol. The van der Waals surface area contributed by atoms with E-state index in [0.717, 1.165) is 22.7 Å². The fraction of sp³-hybridized carbons (Fsp3) is 0.188. The predicted molar refractivity (Wildman–Crippen MR) is 86.0 cm³/mol. The number of carbonyl (C=O) groups excluding carboxylic acids is 1. The van der Waals surface area contributed by atoms with Crippen molar-refractivity contribution in [1.29, 1.82) is 0 Å². The van der Waals surface area contributed by atoms with E-state index in [9.17, 15) is 4.79 Å². The van der Waals surface area contributed by atoms with Gasteiger partial charge in [0.25, 0.3) is 0 Å². The van der Waals surface area contributed by atoms with Crippen LogP contribution < -0.4 is 11.1 Å². The van der Waals surface area contributed by atoms with E-state index in [1.165, 1.54) is 17.3 Å². The number of hydrogen-bond donors (Lipinski definition) is 2. The van der Waals surface area contributed by atoms with Gasteiger partial charge in [-0.1, -0.05) is 19.1 Å². The van der Waals surface area contributed by atoms with Gasteiger partial charge < -0.3 is 11.1 Å². The number of rotatable bonds is 5. The molecule has 0 aliphatic rings. The van der Waals surface area contributed by atoms with Crippen LogP contribution in [0, 0.1) is 0 Å². The fourth-order valence-electron chi connectivity index (χ4n) is 1.73. The van der Waals surface area contributed by atoms with Crippen molar-refractivity contribution in [3.8, 4) is 0 Å². The Hall–Kier alpha value is -1.94. The quantitative estimate of drug-likeness (QED) is 0.652. The zero-order chi connectivity index (χ0) is 14.4. The summed E-state index contributed by atoms with van der Waals surface area (Å²) in [5.74, 6) is 0.385. The Kier molecular flexibility index (Phi) is 5.07. The minimum Gasteiger partial charge on any atom is -0.399 e. The lowest BCUT2D eigenvalue weighted by atomic mass is 10.1. The highest BCUT2D eigenvalue weighted by atomic mass is 32.2. The number of nitrogen functional groups attached to an aromatic ring is 1. The number of hydrogen-bond acceptors (Lipinski definition) is 3. The molecule has 0 aromatic heterocycles. The maximum atomic E-state index is 11.9. The second kappa shape index (κ2) is 7.01. The number of amides is 1. The molecule has 0 saturated heterocycles. The Morgan fingerprint density at radius 2 is 1.75 bits per heavy atom. The van der Waals surface area contributed by atoms with Gasteiger partial charge in [0.15, 0.2) is 0 Å². The van der Waals surface area contributed by atoms with Gasteiger partial charge in [-0.25, -0.2) is 0 Å². The molecule has 0 radical (unpaired) electrons. The van der Waals surface area contributed by atoms with Crippen LogP contribution in [0.5, 0.6) is 0 Å². The Morgan fingerprint density at radius 3 is 2.35 bits per heavy atom. The number of carbonyl (C=O) groups is 1. The molecule has 2 aromatic carbocycles. The van der Waals surface area contributed by atoms with Gasteiger partial charge in [0, 0.05) is 16.3 Å². The van der Waals surface area contributed by atoms with Gasteiger partial charge in [0.05, 0.1) is 5.75 Å². The highest BCUT2D eigenvalue weighted by Gasteiger charge is 2.03. The van der Waals surface area contributed by atoms with E-state index in [2.05, 4.69) is 12.2 Å². The molecular weight excluding hydrogens is 268 g/mol. The molecule has 0 atom stereocenters. The zero-order valence-electron chi connectivity index (χ0n) is 11.4. The van der Waals surface area contributed by atoms with Crippen molar-refractivity contribution < 1.29 is 4.79 Å². The second-order valence-corrected chi connectivity index (χ2v) is 5.51. The SMILES string of the molecule is CCc1ccc(NC(=O)CSc2ccc(N)cc2)cc1. The first-order valence-corrected chi connectivity index (χ1v) is 7.53. The lowest BCUT2D eigenvalue weighted by Gasteiger charge is -2.06. The van der Waals surface area contributed by atoms with Crippen LogP contribution in [-0.2, 0) is 11.2 Å². The van der Waals surface area contributed by atoms with Crippen LogP contribution in [0.15, 0.2) is 53.4 Å². The molecule has 0 spiro atoms. The number of nitrogens with two attached hydrogens (primary N) is 1. The van der Waals surface area contributed by atoms with E-state index in [1.54, 1.807) is 0 Å². The molecule has 0 heterocycles. The average Bonchev–Trinajstić information content (AvgIpc) is 2.47. The molecule has 2 aromatic rings. The minimum atomic E-state index is -0.00364. The molecule has 20 heavy (non-hydrogen) atoms. The highest BCUT2D eigenvalue weighted by Crippen LogP contribution is 2.19. The fourth-order valence-corrected chi connectivity index (χ4v) is 2.43. The van der Waals surface area contributed by atoms with Crippen LogP contribution in [0.4, 0.5) is 11.4 Å². The topological polar surface area (TPSA) is 55.1 Å². The smallest absolute Gasteiger partial charge is 0.234 e. The normalized spacial score (nSPS) is 10.2. The van der Waals surface area contributed by atoms with Gasteiger partial charge in [-0.15, -0.1) is 11.8 Å². The van der Waals surface area contributed by atoms with Crippen molar-refractivity contribution in [3.05, 3.63) is 54.1 Å². The van der Waals surface area contributed by atoms with Gasteiger partial charge in [-0.2, -0.15) is 0 Å². The second-order valence-electron chi connectivity index (χ2n) is 4.46. The third-order valence-corrected chi connectivity index (χ3v) is 3.91. The Bertz CT molecular complexity index is 564. The third kappa shape index (κ3) is 4.31. The van der Waals surface area contributed by atoms with Crippen molar-refractivity contribution in [2.75, 3.05) is 16.8 Å². The summed E-state index contributed by atoms with van der Waals surface area (Å²) in [5.41, 5.74) is 8.45. The van der Waals surface area contributed by atoms with Crippen molar-refractivity contribution in [1.82, 2.24) is 0 Å². The molecule has 0 aliphatic heterocycles. The van der Waals surface area contributed by atoms with E-state index in [0.29, 0.717) is 5.75 Å². The number of nitrogens with one attached hydrogen (secondary N) is 1. The largest absolute Gasteiger partial charge is 0.399 e. The molecule has 0 bridgehead atoms. The van der Waals surface area contributed by atoms with E-state index >= 15 is 0 Å². The highest BCUT2D eigenvalue weighted by molar-refractivity contribution is 8.00. The Balaban J connectivity index is 1.84. The first-order chi connectivity index (χ1) is 9.67. The molecule has 3 N–H and O–H groups in total. The maximum Gasteiger partial charge on any atom is 0.234 e. The summed E-state index contributed by atoms with van der Waals surface area (Å²) < 4.78 is 0. The summed E-state index contributed by atoms with van der Waals surface area (Å²) in [6.45, 7) is 2.11. The molecule has 3 nitrogen and oxygen atoms in total. The van der Waals surface area contributed by atoms with E-state index in [1.807, 2.05) is 48.5 Å². The first-order valence-electron chi connectivity index (χ1n) is 6.54. The summed E-state index contributed by atoms with van der Waals surface area (Å²) in [7, 11) is 0. The molecule has 104 valence electrons. The van der Waals surface area contributed by atoms with Gasteiger partial charge in [0.1, 0.15) is 0 Å². The average molecular weight is 286 g/mol. The molecule has 2 rings (SSSR count). The summed E-state index contributed by atoms with van der Waals surface area (Å²) in [4.78, 5) is 12.9. The standard InChI is InChI=1S/C16H18N2OS/c1-2-12-3-7-14(8-4-12)18-16(19)11-20-15-9-5-13(17)6-10-15/h3-10H,2,11,17H2,1H3,(H,18,19).